The van der Waals surface area contributed by atoms with E-state index in [1.807, 2.05) is 30.1 Å². The number of nitrogens with zero attached hydrogens (tertiary/aromatic N) is 4. The van der Waals surface area contributed by atoms with Crippen LogP contribution in [0.1, 0.15) is 47.6 Å². The molecule has 28 heavy (non-hydrogen) atoms. The van der Waals surface area contributed by atoms with Gasteiger partial charge in [-0.3, -0.25) is 14.6 Å². The van der Waals surface area contributed by atoms with Crippen LogP contribution >= 0.6 is 11.3 Å². The summed E-state index contributed by atoms with van der Waals surface area (Å²) in [5, 5.41) is 13.7. The number of likely N-dealkylation sites (tertiary alicyclic amines) is 1. The van der Waals surface area contributed by atoms with Gasteiger partial charge >= 0.3 is 0 Å². The zero-order valence-electron chi connectivity index (χ0n) is 17.8. The summed E-state index contributed by atoms with van der Waals surface area (Å²) in [6.45, 7) is 10.5. The molecule has 3 heterocycles. The molecule has 0 saturated carbocycles. The number of aliphatic imine (C=N–C) groups is 1. The van der Waals surface area contributed by atoms with Crippen molar-refractivity contribution in [2.75, 3.05) is 26.7 Å². The number of guanidine groups is 1. The van der Waals surface area contributed by atoms with Crippen molar-refractivity contribution in [2.45, 2.75) is 46.2 Å². The van der Waals surface area contributed by atoms with Gasteiger partial charge in [-0.1, -0.05) is 13.0 Å². The van der Waals surface area contributed by atoms with Gasteiger partial charge in [-0.25, -0.2) is 0 Å². The Morgan fingerprint density at radius 2 is 2.07 bits per heavy atom. The second kappa shape index (κ2) is 9.56. The molecule has 0 aliphatic carbocycles. The van der Waals surface area contributed by atoms with Crippen LogP contribution in [-0.4, -0.2) is 47.3 Å². The zero-order chi connectivity index (χ0) is 20.1. The van der Waals surface area contributed by atoms with Gasteiger partial charge in [0.15, 0.2) is 5.96 Å². The van der Waals surface area contributed by atoms with E-state index >= 15 is 0 Å². The smallest absolute Gasteiger partial charge is 0.191 e. The molecule has 0 radical (unpaired) electrons. The Morgan fingerprint density at radius 3 is 2.64 bits per heavy atom. The van der Waals surface area contributed by atoms with Crippen molar-refractivity contribution < 1.29 is 0 Å². The first-order valence-electron chi connectivity index (χ1n) is 10.2. The maximum Gasteiger partial charge on any atom is 0.191 e. The minimum atomic E-state index is 0.396. The number of thiophene rings is 1. The fraction of sp³-hybridized carbons (Fsp3) is 0.619. The molecule has 1 saturated heterocycles. The summed E-state index contributed by atoms with van der Waals surface area (Å²) >= 11 is 1.85. The van der Waals surface area contributed by atoms with Crippen LogP contribution in [0.15, 0.2) is 22.5 Å². The van der Waals surface area contributed by atoms with Crippen LogP contribution < -0.4 is 10.6 Å². The molecule has 2 aromatic heterocycles. The van der Waals surface area contributed by atoms with Crippen molar-refractivity contribution in [3.8, 4) is 0 Å². The molecule has 7 heteroatoms. The van der Waals surface area contributed by atoms with E-state index in [0.717, 1.165) is 30.7 Å². The van der Waals surface area contributed by atoms with Crippen LogP contribution in [0.25, 0.3) is 0 Å². The SMILES string of the molecule is CN=C(NCc1c(C)nn(C)c1C)NCC(c1cccs1)N1CCC(C)CC1. The molecule has 1 unspecified atom stereocenters. The number of aryl methyl sites for hydroxylation is 2. The van der Waals surface area contributed by atoms with E-state index in [0.29, 0.717) is 6.04 Å². The lowest BCUT2D eigenvalue weighted by Gasteiger charge is -2.36. The Morgan fingerprint density at radius 1 is 1.32 bits per heavy atom. The molecule has 2 N–H and O–H groups in total. The third kappa shape index (κ3) is 4.94. The number of hydrogen-bond acceptors (Lipinski definition) is 4. The summed E-state index contributed by atoms with van der Waals surface area (Å²) in [7, 11) is 3.82. The van der Waals surface area contributed by atoms with E-state index in [1.54, 1.807) is 0 Å². The fourth-order valence-electron chi connectivity index (χ4n) is 3.89. The topological polar surface area (TPSA) is 57.5 Å². The zero-order valence-corrected chi connectivity index (χ0v) is 18.6. The molecule has 0 aromatic carbocycles. The molecule has 154 valence electrons. The number of nitrogens with one attached hydrogen (secondary N) is 2. The van der Waals surface area contributed by atoms with E-state index in [9.17, 15) is 0 Å². The first-order valence-corrected chi connectivity index (χ1v) is 11.1. The molecule has 1 aliphatic heterocycles. The Labute approximate surface area is 173 Å². The fourth-order valence-corrected chi connectivity index (χ4v) is 4.75. The van der Waals surface area contributed by atoms with Gasteiger partial charge in [0.1, 0.15) is 0 Å². The van der Waals surface area contributed by atoms with Crippen molar-refractivity contribution in [1.82, 2.24) is 25.3 Å². The van der Waals surface area contributed by atoms with E-state index in [-0.39, 0.29) is 0 Å². The van der Waals surface area contributed by atoms with Gasteiger partial charge < -0.3 is 10.6 Å². The highest BCUT2D eigenvalue weighted by Gasteiger charge is 2.25. The van der Waals surface area contributed by atoms with Crippen LogP contribution in [0.2, 0.25) is 0 Å². The third-order valence-electron chi connectivity index (χ3n) is 5.91. The van der Waals surface area contributed by atoms with Crippen LogP contribution in [0.5, 0.6) is 0 Å². The van der Waals surface area contributed by atoms with Crippen LogP contribution in [-0.2, 0) is 13.6 Å². The van der Waals surface area contributed by atoms with E-state index in [2.05, 4.69) is 63.9 Å². The highest BCUT2D eigenvalue weighted by molar-refractivity contribution is 7.10. The molecule has 0 spiro atoms. The molecule has 0 amide bonds. The first kappa shape index (κ1) is 20.9. The average Bonchev–Trinajstić information content (AvgIpc) is 3.29. The number of hydrogen-bond donors (Lipinski definition) is 2. The van der Waals surface area contributed by atoms with Gasteiger partial charge in [0.2, 0.25) is 0 Å². The highest BCUT2D eigenvalue weighted by Crippen LogP contribution is 2.29. The van der Waals surface area contributed by atoms with Crippen LogP contribution in [0.4, 0.5) is 0 Å². The lowest BCUT2D eigenvalue weighted by atomic mass is 9.97. The van der Waals surface area contributed by atoms with E-state index in [1.165, 1.54) is 42.1 Å². The monoisotopic (exact) mass is 402 g/mol. The highest BCUT2D eigenvalue weighted by atomic mass is 32.1. The van der Waals surface area contributed by atoms with Crippen molar-refractivity contribution in [3.63, 3.8) is 0 Å². The standard InChI is InChI=1S/C21H34N6S/c1-15-8-10-27(11-9-15)19(20-7-6-12-28-20)14-24-21(22-4)23-13-18-16(2)25-26(5)17(18)3/h6-7,12,15,19H,8-11,13-14H2,1-5H3,(H2,22,23,24). The second-order valence-corrected chi connectivity index (χ2v) is 8.81. The Bertz CT molecular complexity index is 771. The molecule has 6 nitrogen and oxygen atoms in total. The predicted octanol–water partition coefficient (Wildman–Crippen LogP) is 3.24. The second-order valence-electron chi connectivity index (χ2n) is 7.83. The van der Waals surface area contributed by atoms with Crippen LogP contribution in [0, 0.1) is 19.8 Å². The lowest BCUT2D eigenvalue weighted by Crippen LogP contribution is -2.44. The molecule has 3 rings (SSSR count). The van der Waals surface area contributed by atoms with Crippen LogP contribution in [0.3, 0.4) is 0 Å². The van der Waals surface area contributed by atoms with Gasteiger partial charge in [0.25, 0.3) is 0 Å². The van der Waals surface area contributed by atoms with Crippen molar-refractivity contribution in [2.24, 2.45) is 18.0 Å². The van der Waals surface area contributed by atoms with Gasteiger partial charge in [-0.15, -0.1) is 11.3 Å². The summed E-state index contributed by atoms with van der Waals surface area (Å²) in [6, 6.07) is 4.81. The normalized spacial score (nSPS) is 17.7. The molecule has 2 aromatic rings. The largest absolute Gasteiger partial charge is 0.354 e. The van der Waals surface area contributed by atoms with E-state index in [4.69, 9.17) is 0 Å². The molecule has 1 aliphatic rings. The third-order valence-corrected chi connectivity index (χ3v) is 6.88. The van der Waals surface area contributed by atoms with Crippen molar-refractivity contribution in [1.29, 1.82) is 0 Å². The van der Waals surface area contributed by atoms with Gasteiger partial charge in [-0.2, -0.15) is 5.10 Å². The van der Waals surface area contributed by atoms with Crippen molar-refractivity contribution in [3.05, 3.63) is 39.3 Å². The Hall–Kier alpha value is -1.86. The Kier molecular flexibility index (Phi) is 7.13. The molecule has 0 bridgehead atoms. The Balaban J connectivity index is 1.61. The quantitative estimate of drug-likeness (QED) is 0.575. The first-order chi connectivity index (χ1) is 13.5. The molecule has 1 atom stereocenters. The van der Waals surface area contributed by atoms with Gasteiger partial charge in [0, 0.05) is 43.3 Å². The van der Waals surface area contributed by atoms with Crippen molar-refractivity contribution >= 4 is 17.3 Å². The maximum absolute atomic E-state index is 4.50. The average molecular weight is 403 g/mol. The summed E-state index contributed by atoms with van der Waals surface area (Å²) in [5.41, 5.74) is 3.51. The van der Waals surface area contributed by atoms with E-state index < -0.39 is 0 Å². The summed E-state index contributed by atoms with van der Waals surface area (Å²) in [5.74, 6) is 1.68. The summed E-state index contributed by atoms with van der Waals surface area (Å²) < 4.78 is 1.94. The minimum absolute atomic E-state index is 0.396. The lowest BCUT2D eigenvalue weighted by molar-refractivity contribution is 0.140. The number of aromatic nitrogens is 2. The number of piperidine rings is 1. The minimum Gasteiger partial charge on any atom is -0.354 e. The van der Waals surface area contributed by atoms with Gasteiger partial charge in [-0.05, 0) is 57.1 Å². The maximum atomic E-state index is 4.50. The number of rotatable bonds is 6. The molecular formula is C21H34N6S. The van der Waals surface area contributed by atoms with Gasteiger partial charge in [0.05, 0.1) is 11.7 Å². The molecular weight excluding hydrogens is 368 g/mol. The predicted molar refractivity (Wildman–Crippen MR) is 118 cm³/mol. The summed E-state index contributed by atoms with van der Waals surface area (Å²) in [4.78, 5) is 8.49. The molecule has 1 fully saturated rings. The summed E-state index contributed by atoms with van der Waals surface area (Å²) in [6.07, 6.45) is 2.57.